The van der Waals surface area contributed by atoms with Crippen LogP contribution in [0.5, 0.6) is 11.5 Å². The molecule has 0 saturated carbocycles. The van der Waals surface area contributed by atoms with Gasteiger partial charge in [-0.3, -0.25) is 0 Å². The van der Waals surface area contributed by atoms with Crippen LogP contribution >= 0.6 is 0 Å². The number of methoxy groups -OCH3 is 1. The van der Waals surface area contributed by atoms with Crippen molar-refractivity contribution in [3.05, 3.63) is 48.3 Å². The number of carbonyl (C=O) groups is 1. The van der Waals surface area contributed by atoms with Crippen molar-refractivity contribution in [3.63, 3.8) is 0 Å². The first-order chi connectivity index (χ1) is 20.6. The number of ether oxygens (including phenoxy) is 3. The van der Waals surface area contributed by atoms with Gasteiger partial charge in [-0.1, -0.05) is 0 Å². The van der Waals surface area contributed by atoms with Gasteiger partial charge in [-0.25, -0.2) is 14.2 Å². The van der Waals surface area contributed by atoms with E-state index in [1.54, 1.807) is 7.05 Å². The van der Waals surface area contributed by atoms with Crippen LogP contribution in [0.3, 0.4) is 0 Å². The van der Waals surface area contributed by atoms with Gasteiger partial charge in [0.2, 0.25) is 0 Å². The van der Waals surface area contributed by atoms with E-state index in [9.17, 15) is 4.79 Å². The van der Waals surface area contributed by atoms with E-state index in [1.807, 2.05) is 51.1 Å². The first-order valence-electron chi connectivity index (χ1n) is 15.6. The number of fused-ring (bicyclic) bond motifs is 2. The molecule has 220 valence electrons. The Kier molecular flexibility index (Phi) is 7.19. The Hall–Kier alpha value is -3.59. The molecule has 2 aliphatic rings. The molecule has 0 unspecified atom stereocenters. The number of nitrogens with zero attached hydrogens (tertiary/aromatic N) is 4. The number of benzene rings is 2. The number of halogens is 1. The number of pyridine rings is 1. The first-order valence-corrected chi connectivity index (χ1v) is 14.1. The Labute approximate surface area is 246 Å². The molecule has 1 aromatic heterocycles. The third-order valence-corrected chi connectivity index (χ3v) is 7.85. The zero-order valence-electron chi connectivity index (χ0n) is 27.4. The van der Waals surface area contributed by atoms with Crippen molar-refractivity contribution in [1.82, 2.24) is 14.8 Å². The second-order valence-electron chi connectivity index (χ2n) is 12.2. The summed E-state index contributed by atoms with van der Waals surface area (Å²) in [5.41, 5.74) is 2.25. The van der Waals surface area contributed by atoms with Crippen molar-refractivity contribution >= 4 is 22.7 Å². The zero-order valence-corrected chi connectivity index (χ0v) is 24.4. The van der Waals surface area contributed by atoms with E-state index in [0.717, 1.165) is 43.9 Å². The van der Waals surface area contributed by atoms with Crippen molar-refractivity contribution in [1.29, 1.82) is 0 Å². The average Bonchev–Trinajstić information content (AvgIpc) is 3.34. The third-order valence-electron chi connectivity index (χ3n) is 7.85. The fraction of sp³-hybridized carbons (Fsp3) is 0.500. The van der Waals surface area contributed by atoms with Crippen LogP contribution in [0.4, 0.5) is 14.9 Å². The summed E-state index contributed by atoms with van der Waals surface area (Å²) in [6.45, 7) is 9.93. The van der Waals surface area contributed by atoms with Crippen molar-refractivity contribution in [2.24, 2.45) is 11.8 Å². The molecule has 0 bridgehead atoms. The summed E-state index contributed by atoms with van der Waals surface area (Å²) in [6, 6.07) is 12.2. The van der Waals surface area contributed by atoms with Gasteiger partial charge in [0.1, 0.15) is 18.0 Å². The zero-order chi connectivity index (χ0) is 31.8. The normalized spacial score (nSPS) is 20.6. The van der Waals surface area contributed by atoms with E-state index in [4.69, 9.17) is 23.3 Å². The van der Waals surface area contributed by atoms with Crippen LogP contribution in [0.25, 0.3) is 22.2 Å². The highest BCUT2D eigenvalue weighted by Crippen LogP contribution is 2.39. The van der Waals surface area contributed by atoms with Crippen molar-refractivity contribution in [2.75, 3.05) is 65.4 Å². The van der Waals surface area contributed by atoms with Gasteiger partial charge in [0.25, 0.3) is 0 Å². The molecule has 2 atom stereocenters. The van der Waals surface area contributed by atoms with Crippen LogP contribution in [0.15, 0.2) is 42.5 Å². The molecule has 3 heterocycles. The van der Waals surface area contributed by atoms with Crippen LogP contribution in [0.2, 0.25) is 0 Å². The number of likely N-dealkylation sites (tertiary alicyclic amines) is 1. The second kappa shape index (κ2) is 11.7. The molecule has 0 spiro atoms. The Morgan fingerprint density at radius 1 is 1.15 bits per heavy atom. The molecule has 2 aliphatic heterocycles. The maximum absolute atomic E-state index is 15.1. The molecule has 9 heteroatoms. The minimum absolute atomic E-state index is 0.289. The van der Waals surface area contributed by atoms with E-state index in [2.05, 4.69) is 16.8 Å². The summed E-state index contributed by atoms with van der Waals surface area (Å²) in [5, 5.41) is 0.616. The number of carbonyl (C=O) groups excluding carboxylic acids is 1. The maximum Gasteiger partial charge on any atom is 0.410 e. The van der Waals surface area contributed by atoms with Gasteiger partial charge in [-0.2, -0.15) is 0 Å². The summed E-state index contributed by atoms with van der Waals surface area (Å²) >= 11 is 0. The molecular weight excluding hydrogens is 523 g/mol. The Balaban J connectivity index is 1.39. The van der Waals surface area contributed by atoms with Crippen LogP contribution < -0.4 is 14.4 Å². The Morgan fingerprint density at radius 3 is 2.63 bits per heavy atom. The Morgan fingerprint density at radius 2 is 1.90 bits per heavy atom. The number of amides is 1. The molecule has 3 aromatic rings. The van der Waals surface area contributed by atoms with Gasteiger partial charge in [0.05, 0.1) is 28.9 Å². The molecule has 8 nitrogen and oxygen atoms in total. The van der Waals surface area contributed by atoms with Gasteiger partial charge in [-0.15, -0.1) is 0 Å². The topological polar surface area (TPSA) is 67.4 Å². The number of aromatic nitrogens is 1. The molecular formula is C32H41FN4O4. The van der Waals surface area contributed by atoms with Crippen LogP contribution in [-0.2, 0) is 4.74 Å². The summed E-state index contributed by atoms with van der Waals surface area (Å²) < 4.78 is 53.7. The van der Waals surface area contributed by atoms with Gasteiger partial charge in [-0.05, 0) is 89.0 Å². The maximum atomic E-state index is 15.1. The summed E-state index contributed by atoms with van der Waals surface area (Å²) in [5.74, 6) is 0.626. The lowest BCUT2D eigenvalue weighted by Crippen LogP contribution is -2.37. The number of hydrogen-bond donors (Lipinski definition) is 0. The number of hydrogen-bond acceptors (Lipinski definition) is 7. The molecule has 2 fully saturated rings. The smallest absolute Gasteiger partial charge is 0.410 e. The Bertz CT molecular complexity index is 1500. The minimum atomic E-state index is -2.79. The van der Waals surface area contributed by atoms with E-state index < -0.39 is 24.5 Å². The van der Waals surface area contributed by atoms with Gasteiger partial charge >= 0.3 is 6.09 Å². The van der Waals surface area contributed by atoms with Gasteiger partial charge in [0, 0.05) is 49.4 Å². The molecule has 5 rings (SSSR count). The largest absolute Gasteiger partial charge is 0.494 e. The fourth-order valence-corrected chi connectivity index (χ4v) is 5.70. The number of anilines is 1. The fourth-order valence-electron chi connectivity index (χ4n) is 5.70. The van der Waals surface area contributed by atoms with E-state index >= 15 is 4.39 Å². The predicted molar refractivity (Wildman–Crippen MR) is 159 cm³/mol. The SMILES string of the molecule is [2H]C([2H])([2H])Oc1cc2nc(-c3ccc(OCCN(C)C(=O)OC(C)(C)C)cc3)cc(N3C[C@H]4CN(C)CC[C@H]4C3)c2cc1F. The highest BCUT2D eigenvalue weighted by atomic mass is 19.1. The van der Waals surface area contributed by atoms with Gasteiger partial charge in [0.15, 0.2) is 11.6 Å². The second-order valence-corrected chi connectivity index (χ2v) is 12.2. The summed E-state index contributed by atoms with van der Waals surface area (Å²) in [4.78, 5) is 23.1. The van der Waals surface area contributed by atoms with E-state index in [-0.39, 0.29) is 12.4 Å². The van der Waals surface area contributed by atoms with Crippen molar-refractivity contribution in [2.45, 2.75) is 32.8 Å². The number of piperidine rings is 1. The standard InChI is InChI=1S/C32H41FN4O4/c1-32(2,3)41-31(38)36(5)13-14-40-24-9-7-21(8-10-24)27-16-29(25-15-26(33)30(39-6)17-28(25)34-27)37-19-22-11-12-35(4)18-23(22)20-37/h7-10,15-17,22-23H,11-14,18-20H2,1-6H3/t22-,23+/m0/s1/i6D3. The highest BCUT2D eigenvalue weighted by Gasteiger charge is 2.37. The van der Waals surface area contributed by atoms with Crippen LogP contribution in [0.1, 0.15) is 31.3 Å². The highest BCUT2D eigenvalue weighted by molar-refractivity contribution is 5.95. The molecule has 0 N–H and O–H groups in total. The first kappa shape index (κ1) is 25.1. The molecule has 41 heavy (non-hydrogen) atoms. The summed E-state index contributed by atoms with van der Waals surface area (Å²) in [6.07, 6.45) is 0.708. The molecule has 2 aromatic carbocycles. The summed E-state index contributed by atoms with van der Waals surface area (Å²) in [7, 11) is 1.02. The number of likely N-dealkylation sites (N-methyl/N-ethyl adjacent to an activating group) is 1. The van der Waals surface area contributed by atoms with Crippen LogP contribution in [-0.4, -0.2) is 86.9 Å². The number of rotatable bonds is 7. The predicted octanol–water partition coefficient (Wildman–Crippen LogP) is 5.68. The minimum Gasteiger partial charge on any atom is -0.494 e. The quantitative estimate of drug-likeness (QED) is 0.364. The van der Waals surface area contributed by atoms with Gasteiger partial charge < -0.3 is 28.9 Å². The molecule has 0 radical (unpaired) electrons. The van der Waals surface area contributed by atoms with E-state index in [0.29, 0.717) is 40.7 Å². The average molecular weight is 568 g/mol. The third kappa shape index (κ3) is 6.67. The monoisotopic (exact) mass is 567 g/mol. The van der Waals surface area contributed by atoms with Crippen molar-refractivity contribution in [3.8, 4) is 22.8 Å². The van der Waals surface area contributed by atoms with Crippen LogP contribution in [0, 0.1) is 17.7 Å². The molecule has 1 amide bonds. The van der Waals surface area contributed by atoms with Crippen molar-refractivity contribution < 1.29 is 27.5 Å². The lowest BCUT2D eigenvalue weighted by molar-refractivity contribution is 0.0278. The molecule has 2 saturated heterocycles. The molecule has 0 aliphatic carbocycles. The lowest BCUT2D eigenvalue weighted by Gasteiger charge is -2.31. The lowest BCUT2D eigenvalue weighted by atomic mass is 9.89. The van der Waals surface area contributed by atoms with E-state index in [1.165, 1.54) is 17.0 Å².